The van der Waals surface area contributed by atoms with Gasteiger partial charge in [-0.15, -0.1) is 13.2 Å². The fourth-order valence-electron chi connectivity index (χ4n) is 1.67. The van der Waals surface area contributed by atoms with Crippen molar-refractivity contribution in [1.29, 1.82) is 0 Å². The second-order valence-corrected chi connectivity index (χ2v) is 4.48. The number of ether oxygens (including phenoxy) is 1. The molecule has 1 rings (SSSR count). The van der Waals surface area contributed by atoms with Crippen LogP contribution < -0.4 is 10.5 Å². The van der Waals surface area contributed by atoms with Crippen LogP contribution in [0.15, 0.2) is 55.7 Å². The number of nitrogens with zero attached hydrogens (tertiary/aromatic N) is 1. The summed E-state index contributed by atoms with van der Waals surface area (Å²) in [5.74, 6) is -0.102. The average molecular weight is 300 g/mol. The van der Waals surface area contributed by atoms with E-state index in [1.54, 1.807) is 47.4 Å². The fourth-order valence-corrected chi connectivity index (χ4v) is 1.67. The minimum Gasteiger partial charge on any atom is -0.484 e. The third kappa shape index (κ3) is 6.09. The summed E-state index contributed by atoms with van der Waals surface area (Å²) in [6.45, 7) is 8.02. The maximum absolute atomic E-state index is 12.0. The Bertz CT molecular complexity index is 552. The summed E-state index contributed by atoms with van der Waals surface area (Å²) in [5, 5.41) is 0. The third-order valence-corrected chi connectivity index (χ3v) is 2.69. The predicted molar refractivity (Wildman–Crippen MR) is 87.1 cm³/mol. The van der Waals surface area contributed by atoms with Crippen LogP contribution in [0.5, 0.6) is 5.75 Å². The molecule has 1 aromatic rings. The summed E-state index contributed by atoms with van der Waals surface area (Å²) in [7, 11) is 0. The van der Waals surface area contributed by atoms with Crippen LogP contribution in [0.1, 0.15) is 5.56 Å². The van der Waals surface area contributed by atoms with Gasteiger partial charge in [0.1, 0.15) is 5.75 Å². The Labute approximate surface area is 130 Å². The van der Waals surface area contributed by atoms with Crippen LogP contribution >= 0.6 is 0 Å². The zero-order valence-corrected chi connectivity index (χ0v) is 12.4. The number of carbonyl (C=O) groups is 2. The zero-order chi connectivity index (χ0) is 16.4. The number of primary amides is 1. The van der Waals surface area contributed by atoms with Gasteiger partial charge >= 0.3 is 0 Å². The van der Waals surface area contributed by atoms with Crippen molar-refractivity contribution in [3.05, 3.63) is 61.2 Å². The average Bonchev–Trinajstić information content (AvgIpc) is 2.51. The molecule has 0 spiro atoms. The molecular formula is C17H20N2O3. The molecule has 0 atom stereocenters. The van der Waals surface area contributed by atoms with Crippen LogP contribution in [-0.4, -0.2) is 36.4 Å². The molecule has 0 heterocycles. The van der Waals surface area contributed by atoms with Crippen molar-refractivity contribution in [3.63, 3.8) is 0 Å². The van der Waals surface area contributed by atoms with E-state index in [4.69, 9.17) is 10.5 Å². The fraction of sp³-hybridized carbons (Fsp3) is 0.176. The van der Waals surface area contributed by atoms with Crippen LogP contribution in [0.25, 0.3) is 6.08 Å². The lowest BCUT2D eigenvalue weighted by atomic mass is 10.2. The molecule has 2 amide bonds. The number of rotatable bonds is 9. The van der Waals surface area contributed by atoms with Gasteiger partial charge in [0.2, 0.25) is 5.91 Å². The van der Waals surface area contributed by atoms with Gasteiger partial charge in [-0.25, -0.2) is 0 Å². The van der Waals surface area contributed by atoms with Crippen molar-refractivity contribution < 1.29 is 14.3 Å². The first-order valence-electron chi connectivity index (χ1n) is 6.76. The van der Waals surface area contributed by atoms with E-state index in [2.05, 4.69) is 13.2 Å². The normalized spacial score (nSPS) is 10.2. The molecule has 0 saturated carbocycles. The van der Waals surface area contributed by atoms with Crippen LogP contribution in [0.4, 0.5) is 0 Å². The molecule has 0 unspecified atom stereocenters. The smallest absolute Gasteiger partial charge is 0.255 e. The van der Waals surface area contributed by atoms with Gasteiger partial charge < -0.3 is 15.4 Å². The summed E-state index contributed by atoms with van der Waals surface area (Å²) in [5.41, 5.74) is 5.84. The highest BCUT2D eigenvalue weighted by Crippen LogP contribution is 2.13. The predicted octanol–water partition coefficient (Wildman–Crippen LogP) is 1.76. The molecule has 0 radical (unpaired) electrons. The molecule has 2 N–H and O–H groups in total. The van der Waals surface area contributed by atoms with E-state index in [0.717, 1.165) is 5.56 Å². The molecule has 1 aromatic carbocycles. The molecule has 0 bridgehead atoms. The van der Waals surface area contributed by atoms with Crippen LogP contribution in [-0.2, 0) is 9.59 Å². The van der Waals surface area contributed by atoms with Gasteiger partial charge in [-0.3, -0.25) is 9.59 Å². The van der Waals surface area contributed by atoms with E-state index in [9.17, 15) is 9.59 Å². The standard InChI is InChI=1S/C17H20N2O3/c1-3-11-19(12-4-2)17(21)10-7-14-5-8-15(9-6-14)22-13-16(18)20/h3-10H,1-2,11-13H2,(H2,18,20)/b10-7+. The number of nitrogens with two attached hydrogens (primary N) is 1. The van der Waals surface area contributed by atoms with Crippen LogP contribution in [0.3, 0.4) is 0 Å². The Morgan fingerprint density at radius 3 is 2.23 bits per heavy atom. The number of hydrogen-bond acceptors (Lipinski definition) is 3. The Balaban J connectivity index is 2.64. The molecule has 116 valence electrons. The summed E-state index contributed by atoms with van der Waals surface area (Å²) >= 11 is 0. The minimum absolute atomic E-state index is 0.117. The monoisotopic (exact) mass is 300 g/mol. The van der Waals surface area contributed by atoms with Crippen molar-refractivity contribution >= 4 is 17.9 Å². The molecule has 0 aliphatic carbocycles. The van der Waals surface area contributed by atoms with Gasteiger partial charge in [-0.1, -0.05) is 24.3 Å². The van der Waals surface area contributed by atoms with E-state index >= 15 is 0 Å². The third-order valence-electron chi connectivity index (χ3n) is 2.69. The van der Waals surface area contributed by atoms with Crippen molar-refractivity contribution in [2.45, 2.75) is 0 Å². The first-order valence-corrected chi connectivity index (χ1v) is 6.76. The summed E-state index contributed by atoms with van der Waals surface area (Å²) in [6, 6.07) is 6.98. The molecule has 5 nitrogen and oxygen atoms in total. The molecule has 5 heteroatoms. The Hall–Kier alpha value is -2.82. The molecule has 0 fully saturated rings. The second kappa shape index (κ2) is 9.18. The largest absolute Gasteiger partial charge is 0.484 e. The Kier molecular flexibility index (Phi) is 7.19. The lowest BCUT2D eigenvalue weighted by Gasteiger charge is -2.16. The van der Waals surface area contributed by atoms with Gasteiger partial charge in [0.15, 0.2) is 6.61 Å². The topological polar surface area (TPSA) is 72.6 Å². The van der Waals surface area contributed by atoms with Gasteiger partial charge in [0, 0.05) is 19.2 Å². The lowest BCUT2D eigenvalue weighted by Crippen LogP contribution is -2.29. The first-order chi connectivity index (χ1) is 10.6. The summed E-state index contributed by atoms with van der Waals surface area (Å²) in [6.07, 6.45) is 6.53. The Morgan fingerprint density at radius 2 is 1.73 bits per heavy atom. The van der Waals surface area contributed by atoms with Crippen molar-refractivity contribution in [2.75, 3.05) is 19.7 Å². The second-order valence-electron chi connectivity index (χ2n) is 4.48. The van der Waals surface area contributed by atoms with Crippen LogP contribution in [0, 0.1) is 0 Å². The summed E-state index contributed by atoms with van der Waals surface area (Å²) < 4.78 is 5.15. The molecule has 22 heavy (non-hydrogen) atoms. The minimum atomic E-state index is -0.529. The highest BCUT2D eigenvalue weighted by molar-refractivity contribution is 5.92. The van der Waals surface area contributed by atoms with E-state index in [0.29, 0.717) is 18.8 Å². The van der Waals surface area contributed by atoms with Crippen molar-refractivity contribution in [1.82, 2.24) is 4.90 Å². The number of carbonyl (C=O) groups excluding carboxylic acids is 2. The molecule has 0 aromatic heterocycles. The van der Waals surface area contributed by atoms with Crippen LogP contribution in [0.2, 0.25) is 0 Å². The maximum Gasteiger partial charge on any atom is 0.255 e. The number of benzene rings is 1. The molecule has 0 aliphatic rings. The SMILES string of the molecule is C=CCN(CC=C)C(=O)/C=C/c1ccc(OCC(N)=O)cc1. The molecule has 0 aliphatic heterocycles. The Morgan fingerprint density at radius 1 is 1.14 bits per heavy atom. The number of hydrogen-bond donors (Lipinski definition) is 1. The van der Waals surface area contributed by atoms with Gasteiger partial charge in [-0.2, -0.15) is 0 Å². The number of amides is 2. The summed E-state index contributed by atoms with van der Waals surface area (Å²) in [4.78, 5) is 24.2. The maximum atomic E-state index is 12.0. The molecular weight excluding hydrogens is 280 g/mol. The lowest BCUT2D eigenvalue weighted by molar-refractivity contribution is -0.125. The van der Waals surface area contributed by atoms with Gasteiger partial charge in [0.05, 0.1) is 0 Å². The van der Waals surface area contributed by atoms with Gasteiger partial charge in [-0.05, 0) is 23.8 Å². The molecule has 0 saturated heterocycles. The van der Waals surface area contributed by atoms with E-state index in [-0.39, 0.29) is 12.5 Å². The van der Waals surface area contributed by atoms with E-state index in [1.807, 2.05) is 0 Å². The van der Waals surface area contributed by atoms with Gasteiger partial charge in [0.25, 0.3) is 5.91 Å². The first kappa shape index (κ1) is 17.2. The highest BCUT2D eigenvalue weighted by Gasteiger charge is 2.06. The van der Waals surface area contributed by atoms with Crippen molar-refractivity contribution in [3.8, 4) is 5.75 Å². The quantitative estimate of drug-likeness (QED) is 0.558. The van der Waals surface area contributed by atoms with E-state index in [1.165, 1.54) is 6.08 Å². The highest BCUT2D eigenvalue weighted by atomic mass is 16.5. The zero-order valence-electron chi connectivity index (χ0n) is 12.4. The van der Waals surface area contributed by atoms with Crippen molar-refractivity contribution in [2.24, 2.45) is 5.73 Å². The van der Waals surface area contributed by atoms with E-state index < -0.39 is 5.91 Å².